The third-order valence-electron chi connectivity index (χ3n) is 6.92. The minimum absolute atomic E-state index is 0.0214. The monoisotopic (exact) mass is 668 g/mol. The Morgan fingerprint density at radius 1 is 1.30 bits per heavy atom. The molecule has 0 aliphatic carbocycles. The number of carbonyl (C=O) groups is 3. The van der Waals surface area contributed by atoms with Crippen molar-refractivity contribution >= 4 is 69.0 Å². The molecule has 4 heterocycles. The molecule has 1 fully saturated rings. The Morgan fingerprint density at radius 3 is 2.70 bits per heavy atom. The number of methoxy groups -OCH3 is 1. The third kappa shape index (κ3) is 7.71. The average molecular weight is 669 g/mol. The molecular weight excluding hydrogens is 637 g/mol. The van der Waals surface area contributed by atoms with E-state index in [2.05, 4.69) is 37.6 Å². The number of amides is 2. The lowest BCUT2D eigenvalue weighted by atomic mass is 9.94. The number of carboxylic acids is 1. The van der Waals surface area contributed by atoms with Crippen LogP contribution in [0, 0.1) is 0 Å². The maximum absolute atomic E-state index is 12.9. The summed E-state index contributed by atoms with van der Waals surface area (Å²) in [5.41, 5.74) is 6.37. The molecule has 1 aliphatic heterocycles. The molecule has 3 aromatic rings. The highest BCUT2D eigenvalue weighted by atomic mass is 32.2. The minimum Gasteiger partial charge on any atom is -0.477 e. The lowest BCUT2D eigenvalue weighted by Crippen LogP contribution is -2.70. The quantitative estimate of drug-likeness (QED) is 0.0771. The van der Waals surface area contributed by atoms with Gasteiger partial charge in [-0.2, -0.15) is 25.8 Å². The Balaban J connectivity index is 1.34. The first-order chi connectivity index (χ1) is 21.0. The maximum atomic E-state index is 12.9. The van der Waals surface area contributed by atoms with Crippen LogP contribution in [0.15, 0.2) is 41.4 Å². The summed E-state index contributed by atoms with van der Waals surface area (Å²) in [7, 11) is -2.96. The number of anilines is 1. The summed E-state index contributed by atoms with van der Waals surface area (Å²) in [4.78, 5) is 51.6. The van der Waals surface area contributed by atoms with Crippen molar-refractivity contribution in [2.75, 3.05) is 31.7 Å². The number of aromatic nitrogens is 4. The van der Waals surface area contributed by atoms with Crippen molar-refractivity contribution in [3.05, 3.63) is 46.3 Å². The van der Waals surface area contributed by atoms with E-state index >= 15 is 0 Å². The van der Waals surface area contributed by atoms with Crippen molar-refractivity contribution in [1.29, 1.82) is 0 Å². The first kappa shape index (κ1) is 33.3. The molecule has 3 atom stereocenters. The number of imidazole rings is 1. The van der Waals surface area contributed by atoms with E-state index in [1.165, 1.54) is 31.1 Å². The number of carbonyl (C=O) groups excluding carboxylic acids is 2. The SMILES string of the molecule is CO[C@@H](CCn1cnc2c(N)ncnc21)COS(=O)(=O)NC/C(CS)=C(\C(=O)O)N1C(=O)[C@@H](NC(=O)Cc2cccs2)[C@H]1C. The summed E-state index contributed by atoms with van der Waals surface area (Å²) < 4.78 is 39.6. The van der Waals surface area contributed by atoms with E-state index in [1.54, 1.807) is 17.6 Å². The largest absolute Gasteiger partial charge is 0.477 e. The van der Waals surface area contributed by atoms with Crippen LogP contribution in [-0.4, -0.2) is 99.9 Å². The molecule has 19 heteroatoms. The number of thiophene rings is 1. The van der Waals surface area contributed by atoms with Gasteiger partial charge in [0.05, 0.1) is 31.5 Å². The van der Waals surface area contributed by atoms with Crippen molar-refractivity contribution in [2.45, 2.75) is 44.5 Å². The van der Waals surface area contributed by atoms with Gasteiger partial charge in [-0.1, -0.05) is 6.07 Å². The first-order valence-corrected chi connectivity index (χ1v) is 16.2. The van der Waals surface area contributed by atoms with Gasteiger partial charge in [-0.3, -0.25) is 18.7 Å². The number of fused-ring (bicyclic) bond motifs is 1. The number of nitrogens with one attached hydrogen (secondary N) is 2. The zero-order valence-electron chi connectivity index (χ0n) is 23.7. The summed E-state index contributed by atoms with van der Waals surface area (Å²) in [5.74, 6) is -2.39. The fourth-order valence-electron chi connectivity index (χ4n) is 4.55. The minimum atomic E-state index is -4.36. The number of nitrogens with two attached hydrogens (primary N) is 1. The van der Waals surface area contributed by atoms with Gasteiger partial charge < -0.3 is 25.5 Å². The number of thiol groups is 1. The highest BCUT2D eigenvalue weighted by Gasteiger charge is 2.49. The van der Waals surface area contributed by atoms with Crippen LogP contribution in [0.4, 0.5) is 5.82 Å². The van der Waals surface area contributed by atoms with Crippen LogP contribution in [-0.2, 0) is 46.6 Å². The Bertz CT molecular complexity index is 1640. The summed E-state index contributed by atoms with van der Waals surface area (Å²) in [5, 5.41) is 14.4. The van der Waals surface area contributed by atoms with Crippen LogP contribution in [0.25, 0.3) is 11.2 Å². The van der Waals surface area contributed by atoms with Gasteiger partial charge in [-0.05, 0) is 30.4 Å². The molecule has 238 valence electrons. The van der Waals surface area contributed by atoms with Crippen molar-refractivity contribution in [1.82, 2.24) is 34.5 Å². The molecule has 5 N–H and O–H groups in total. The van der Waals surface area contributed by atoms with Crippen LogP contribution < -0.4 is 15.8 Å². The van der Waals surface area contributed by atoms with Gasteiger partial charge in [0.1, 0.15) is 23.6 Å². The maximum Gasteiger partial charge on any atom is 0.352 e. The van der Waals surface area contributed by atoms with Crippen LogP contribution in [0.1, 0.15) is 18.2 Å². The van der Waals surface area contributed by atoms with Gasteiger partial charge in [0, 0.05) is 30.8 Å². The Kier molecular flexibility index (Phi) is 10.9. The molecular formula is C25H32N8O8S3. The molecule has 0 aromatic carbocycles. The lowest BCUT2D eigenvalue weighted by Gasteiger charge is -2.46. The van der Waals surface area contributed by atoms with E-state index in [9.17, 15) is 27.9 Å². The van der Waals surface area contributed by atoms with Crippen LogP contribution >= 0.6 is 24.0 Å². The van der Waals surface area contributed by atoms with Crippen LogP contribution in [0.3, 0.4) is 0 Å². The Labute approximate surface area is 262 Å². The second-order valence-electron chi connectivity index (χ2n) is 9.74. The van der Waals surface area contributed by atoms with Crippen molar-refractivity contribution in [3.63, 3.8) is 0 Å². The van der Waals surface area contributed by atoms with E-state index in [0.717, 1.165) is 9.78 Å². The second kappa shape index (κ2) is 14.4. The predicted molar refractivity (Wildman–Crippen MR) is 163 cm³/mol. The Morgan fingerprint density at radius 2 is 2.07 bits per heavy atom. The standard InChI is InChI=1S/C25H32N8O8S3/c1-14-19(31-18(34)8-17-4-3-7-43-17)24(35)33(14)21(25(36)37)15(11-42)9-30-44(38,39)41-10-16(40-2)5-6-32-13-29-20-22(26)27-12-28-23(20)32/h3-4,7,12-14,16,19,30,42H,5-6,8-11H2,1-2H3,(H,31,34)(H,36,37)(H2,26,27,28)/b21-15-/t14-,16+,19+/m1/s1. The van der Waals surface area contributed by atoms with E-state index in [4.69, 9.17) is 14.7 Å². The van der Waals surface area contributed by atoms with Crippen molar-refractivity contribution < 1.29 is 36.8 Å². The number of carboxylic acid groups (broad SMARTS) is 1. The van der Waals surface area contributed by atoms with Gasteiger partial charge in [0.25, 0.3) is 5.91 Å². The molecule has 3 aromatic heterocycles. The highest BCUT2D eigenvalue weighted by molar-refractivity contribution is 7.84. The number of likely N-dealkylation sites (tertiary alicyclic amines) is 1. The number of aryl methyl sites for hydroxylation is 1. The highest BCUT2D eigenvalue weighted by Crippen LogP contribution is 2.28. The topological polar surface area (TPSA) is 221 Å². The number of aliphatic carboxylic acids is 1. The molecule has 0 saturated carbocycles. The molecule has 0 bridgehead atoms. The molecule has 0 radical (unpaired) electrons. The lowest BCUT2D eigenvalue weighted by molar-refractivity contribution is -0.153. The van der Waals surface area contributed by atoms with Gasteiger partial charge in [0.2, 0.25) is 5.91 Å². The number of hydrogen-bond acceptors (Lipinski definition) is 13. The summed E-state index contributed by atoms with van der Waals surface area (Å²) >= 11 is 5.57. The summed E-state index contributed by atoms with van der Waals surface area (Å²) in [6.45, 7) is 1.13. The molecule has 1 aliphatic rings. The average Bonchev–Trinajstić information content (AvgIpc) is 3.66. The van der Waals surface area contributed by atoms with Crippen molar-refractivity contribution in [2.24, 2.45) is 0 Å². The molecule has 1 saturated heterocycles. The number of ether oxygens (including phenoxy) is 1. The predicted octanol–water partition coefficient (Wildman–Crippen LogP) is -0.0472. The Hall–Kier alpha value is -3.62. The number of β-lactam (4-membered cyclic amide) rings is 1. The van der Waals surface area contributed by atoms with Gasteiger partial charge >= 0.3 is 16.3 Å². The molecule has 16 nitrogen and oxygen atoms in total. The molecule has 4 rings (SSSR count). The van der Waals surface area contributed by atoms with E-state index in [1.807, 2.05) is 11.4 Å². The fraction of sp³-hybridized carbons (Fsp3) is 0.440. The zero-order valence-corrected chi connectivity index (χ0v) is 26.3. The third-order valence-corrected chi connectivity index (χ3v) is 9.12. The smallest absolute Gasteiger partial charge is 0.352 e. The summed E-state index contributed by atoms with van der Waals surface area (Å²) in [6.07, 6.45) is 2.65. The molecule has 44 heavy (non-hydrogen) atoms. The second-order valence-corrected chi connectivity index (χ2v) is 12.5. The molecule has 2 amide bonds. The van der Waals surface area contributed by atoms with Gasteiger partial charge in [-0.25, -0.2) is 19.7 Å². The van der Waals surface area contributed by atoms with E-state index < -0.39 is 52.6 Å². The summed E-state index contributed by atoms with van der Waals surface area (Å²) in [6, 6.07) is 1.99. The van der Waals surface area contributed by atoms with Crippen LogP contribution in [0.2, 0.25) is 0 Å². The van der Waals surface area contributed by atoms with E-state index in [0.29, 0.717) is 24.1 Å². The molecule has 0 spiro atoms. The van der Waals surface area contributed by atoms with Gasteiger partial charge in [-0.15, -0.1) is 11.3 Å². The van der Waals surface area contributed by atoms with Gasteiger partial charge in [0.15, 0.2) is 11.5 Å². The zero-order chi connectivity index (χ0) is 32.0. The number of rotatable bonds is 16. The van der Waals surface area contributed by atoms with E-state index in [-0.39, 0.29) is 36.1 Å². The molecule has 0 unspecified atom stereocenters. The first-order valence-electron chi connectivity index (χ1n) is 13.2. The number of nitrogens with zero attached hydrogens (tertiary/aromatic N) is 5. The van der Waals surface area contributed by atoms with Crippen LogP contribution in [0.5, 0.6) is 0 Å². The fourth-order valence-corrected chi connectivity index (χ4v) is 6.28. The number of hydrogen-bond donors (Lipinski definition) is 5. The normalized spacial score (nSPS) is 18.2. The number of nitrogen functional groups attached to an aromatic ring is 1. The van der Waals surface area contributed by atoms with Crippen molar-refractivity contribution in [3.8, 4) is 0 Å².